The molecule has 33 heavy (non-hydrogen) atoms. The number of allylic oxidation sites excluding steroid dienone is 10. The summed E-state index contributed by atoms with van der Waals surface area (Å²) in [5, 5.41) is 0. The van der Waals surface area contributed by atoms with E-state index >= 15 is 0 Å². The smallest absolute Gasteiger partial charge is 0.00511 e. The Balaban J connectivity index is -0.000000642. The molecule has 0 heterocycles. The highest BCUT2D eigenvalue weighted by molar-refractivity contribution is 5.23. The molecule has 0 nitrogen and oxygen atoms in total. The lowest BCUT2D eigenvalue weighted by atomic mass is 9.92. The van der Waals surface area contributed by atoms with Crippen LogP contribution in [0.1, 0.15) is 116 Å². The summed E-state index contributed by atoms with van der Waals surface area (Å²) in [6.45, 7) is 36.7. The number of hydrogen-bond donors (Lipinski definition) is 0. The molecule has 0 aromatic heterocycles. The Morgan fingerprint density at radius 3 is 1.33 bits per heavy atom. The predicted octanol–water partition coefficient (Wildman–Crippen LogP) is 11.9. The van der Waals surface area contributed by atoms with Crippen molar-refractivity contribution in [2.75, 3.05) is 0 Å². The molecule has 0 saturated heterocycles. The minimum Gasteiger partial charge on any atom is -0.106 e. The van der Waals surface area contributed by atoms with Crippen LogP contribution in [0.15, 0.2) is 71.9 Å². The van der Waals surface area contributed by atoms with Gasteiger partial charge in [-0.1, -0.05) is 134 Å². The monoisotopic (exact) mass is 458 g/mol. The maximum atomic E-state index is 3.00. The summed E-state index contributed by atoms with van der Waals surface area (Å²) >= 11 is 0. The molecular formula is C33H62. The molecule has 0 aliphatic rings. The second-order valence-corrected chi connectivity index (χ2v) is 8.93. The molecule has 0 aromatic rings. The normalized spacial score (nSPS) is 15.5. The quantitative estimate of drug-likeness (QED) is 0.213. The van der Waals surface area contributed by atoms with Crippen molar-refractivity contribution in [3.63, 3.8) is 0 Å². The van der Waals surface area contributed by atoms with Gasteiger partial charge in [0.25, 0.3) is 0 Å². The van der Waals surface area contributed by atoms with Crippen molar-refractivity contribution in [1.29, 1.82) is 0 Å². The average Bonchev–Trinajstić information content (AvgIpc) is 2.85. The summed E-state index contributed by atoms with van der Waals surface area (Å²) in [5.41, 5.74) is 5.78. The van der Waals surface area contributed by atoms with Gasteiger partial charge in [0.05, 0.1) is 0 Å². The fraction of sp³-hybridized carbons (Fsp3) is 0.636. The van der Waals surface area contributed by atoms with Gasteiger partial charge < -0.3 is 0 Å². The summed E-state index contributed by atoms with van der Waals surface area (Å²) in [6, 6.07) is 0. The summed E-state index contributed by atoms with van der Waals surface area (Å²) in [7, 11) is 0. The van der Waals surface area contributed by atoms with Gasteiger partial charge in [-0.05, 0) is 64.2 Å². The van der Waals surface area contributed by atoms with Crippen molar-refractivity contribution in [3.05, 3.63) is 71.9 Å². The molecule has 194 valence electrons. The molecule has 3 unspecified atom stereocenters. The standard InChI is InChI=1S/C27H46.2C2H6.C2H4/c1-11-21(4)13-15-23(6)25(8)17-19-27(10)26(9)18-16-24(7)22(5)14-12-20(2)3;3*1-2/h13,15-20,22,25,27H,11-12,14H2,1-10H3;2*1-2H3;1-2H2/b19-17-,21-13+,23-15+,24-16+,26-18+;;;. The zero-order valence-corrected chi connectivity index (χ0v) is 25.3. The zero-order chi connectivity index (χ0) is 27.0. The lowest BCUT2D eigenvalue weighted by Gasteiger charge is -2.14. The van der Waals surface area contributed by atoms with Crippen LogP contribution < -0.4 is 0 Å². The molecule has 0 spiro atoms. The number of rotatable bonds is 11. The summed E-state index contributed by atoms with van der Waals surface area (Å²) < 4.78 is 0. The van der Waals surface area contributed by atoms with Gasteiger partial charge in [0.2, 0.25) is 0 Å². The van der Waals surface area contributed by atoms with E-state index in [-0.39, 0.29) is 0 Å². The zero-order valence-electron chi connectivity index (χ0n) is 25.3. The van der Waals surface area contributed by atoms with Gasteiger partial charge in [0.15, 0.2) is 0 Å². The summed E-state index contributed by atoms with van der Waals surface area (Å²) in [5.74, 6) is 2.43. The van der Waals surface area contributed by atoms with E-state index in [4.69, 9.17) is 0 Å². The van der Waals surface area contributed by atoms with Gasteiger partial charge in [-0.2, -0.15) is 0 Å². The van der Waals surface area contributed by atoms with Crippen LogP contribution in [0, 0.1) is 23.7 Å². The van der Waals surface area contributed by atoms with E-state index in [9.17, 15) is 0 Å². The minimum absolute atomic E-state index is 0.475. The van der Waals surface area contributed by atoms with E-state index in [1.54, 1.807) is 0 Å². The highest BCUT2D eigenvalue weighted by Crippen LogP contribution is 2.21. The van der Waals surface area contributed by atoms with E-state index in [1.165, 1.54) is 35.1 Å². The van der Waals surface area contributed by atoms with Crippen molar-refractivity contribution in [1.82, 2.24) is 0 Å². The van der Waals surface area contributed by atoms with Crippen molar-refractivity contribution in [2.24, 2.45) is 23.7 Å². The fourth-order valence-corrected chi connectivity index (χ4v) is 2.57. The van der Waals surface area contributed by atoms with Crippen LogP contribution in [0.2, 0.25) is 0 Å². The predicted molar refractivity (Wildman–Crippen MR) is 160 cm³/mol. The Morgan fingerprint density at radius 1 is 0.606 bits per heavy atom. The maximum absolute atomic E-state index is 3.00. The Morgan fingerprint density at radius 2 is 0.970 bits per heavy atom. The van der Waals surface area contributed by atoms with Gasteiger partial charge in [-0.3, -0.25) is 0 Å². The summed E-state index contributed by atoms with van der Waals surface area (Å²) in [4.78, 5) is 0. The van der Waals surface area contributed by atoms with Crippen LogP contribution in [0.4, 0.5) is 0 Å². The first kappa shape index (κ1) is 38.7. The van der Waals surface area contributed by atoms with Crippen molar-refractivity contribution in [2.45, 2.75) is 116 Å². The minimum atomic E-state index is 0.475. The molecule has 0 N–H and O–H groups in total. The third kappa shape index (κ3) is 23.4. The van der Waals surface area contributed by atoms with E-state index < -0.39 is 0 Å². The van der Waals surface area contributed by atoms with Crippen LogP contribution in [-0.2, 0) is 0 Å². The first-order chi connectivity index (χ1) is 15.6. The Labute approximate surface area is 211 Å². The Hall–Kier alpha value is -1.56. The van der Waals surface area contributed by atoms with Crippen molar-refractivity contribution < 1.29 is 0 Å². The van der Waals surface area contributed by atoms with Crippen molar-refractivity contribution >= 4 is 0 Å². The van der Waals surface area contributed by atoms with Gasteiger partial charge in [-0.15, -0.1) is 13.2 Å². The molecule has 0 heteroatoms. The molecule has 0 aliphatic carbocycles. The molecule has 0 radical (unpaired) electrons. The van der Waals surface area contributed by atoms with Crippen LogP contribution in [-0.4, -0.2) is 0 Å². The van der Waals surface area contributed by atoms with Gasteiger partial charge in [0.1, 0.15) is 0 Å². The van der Waals surface area contributed by atoms with E-state index in [2.05, 4.69) is 119 Å². The molecule has 0 fully saturated rings. The van der Waals surface area contributed by atoms with Crippen LogP contribution in [0.25, 0.3) is 0 Å². The topological polar surface area (TPSA) is 0 Å². The second kappa shape index (κ2) is 26.7. The first-order valence-corrected chi connectivity index (χ1v) is 13.5. The van der Waals surface area contributed by atoms with Gasteiger partial charge in [0, 0.05) is 0 Å². The number of hydrogen-bond acceptors (Lipinski definition) is 0. The average molecular weight is 459 g/mol. The van der Waals surface area contributed by atoms with Crippen LogP contribution in [0.3, 0.4) is 0 Å². The largest absolute Gasteiger partial charge is 0.106 e. The van der Waals surface area contributed by atoms with Crippen LogP contribution in [0.5, 0.6) is 0 Å². The SMILES string of the molecule is C=C.CC.CC.CC/C(C)=C/C=C(\C)C(C)/C=C\C(C)/C(C)=C/C=C(\C)C(C)CCC(C)C. The third-order valence-corrected chi connectivity index (χ3v) is 5.88. The highest BCUT2D eigenvalue weighted by Gasteiger charge is 2.06. The van der Waals surface area contributed by atoms with Gasteiger partial charge >= 0.3 is 0 Å². The molecule has 0 aromatic carbocycles. The lowest BCUT2D eigenvalue weighted by molar-refractivity contribution is 0.489. The molecule has 0 bridgehead atoms. The van der Waals surface area contributed by atoms with Gasteiger partial charge in [-0.25, -0.2) is 0 Å². The molecule has 0 rings (SSSR count). The molecule has 3 atom stereocenters. The fourth-order valence-electron chi connectivity index (χ4n) is 2.57. The second-order valence-electron chi connectivity index (χ2n) is 8.93. The van der Waals surface area contributed by atoms with E-state index in [0.29, 0.717) is 17.8 Å². The summed E-state index contributed by atoms with van der Waals surface area (Å²) in [6.07, 6.45) is 17.6. The van der Waals surface area contributed by atoms with Crippen molar-refractivity contribution in [3.8, 4) is 0 Å². The highest BCUT2D eigenvalue weighted by atomic mass is 14.1. The third-order valence-electron chi connectivity index (χ3n) is 5.88. The van der Waals surface area contributed by atoms with E-state index in [1.807, 2.05) is 27.7 Å². The van der Waals surface area contributed by atoms with E-state index in [0.717, 1.165) is 12.3 Å². The Kier molecular flexibility index (Phi) is 31.3. The Bertz CT molecular complexity index is 577. The molecule has 0 amide bonds. The maximum Gasteiger partial charge on any atom is -0.00511 e. The molecule has 0 saturated carbocycles. The van der Waals surface area contributed by atoms with Crippen LogP contribution >= 0.6 is 0 Å². The first-order valence-electron chi connectivity index (χ1n) is 13.5. The molecule has 0 aliphatic heterocycles. The lowest BCUT2D eigenvalue weighted by Crippen LogP contribution is -1.99. The molecular weight excluding hydrogens is 396 g/mol.